The topological polar surface area (TPSA) is 74.2 Å². The van der Waals surface area contributed by atoms with Crippen molar-refractivity contribution in [3.63, 3.8) is 0 Å². The van der Waals surface area contributed by atoms with Gasteiger partial charge in [0.2, 0.25) is 0 Å². The summed E-state index contributed by atoms with van der Waals surface area (Å²) < 4.78 is 5.25. The highest BCUT2D eigenvalue weighted by Crippen LogP contribution is 2.17. The summed E-state index contributed by atoms with van der Waals surface area (Å²) in [6.45, 7) is 2.06. The number of furan rings is 1. The predicted molar refractivity (Wildman–Crippen MR) is 68.5 cm³/mol. The van der Waals surface area contributed by atoms with Crippen LogP contribution in [0.4, 0.5) is 0 Å². The van der Waals surface area contributed by atoms with E-state index in [0.717, 1.165) is 30.0 Å². The quantitative estimate of drug-likeness (QED) is 0.860. The van der Waals surface area contributed by atoms with Crippen LogP contribution < -0.4 is 5.32 Å². The van der Waals surface area contributed by atoms with Gasteiger partial charge in [-0.3, -0.25) is 9.89 Å². The van der Waals surface area contributed by atoms with Gasteiger partial charge in [-0.05, 0) is 12.1 Å². The molecule has 0 spiro atoms. The van der Waals surface area contributed by atoms with E-state index in [1.54, 1.807) is 18.2 Å². The number of hydrogen-bond donors (Lipinski definition) is 2. The van der Waals surface area contributed by atoms with Gasteiger partial charge in [0.15, 0.2) is 5.69 Å². The van der Waals surface area contributed by atoms with Crippen molar-refractivity contribution in [2.75, 3.05) is 13.6 Å². The number of nitrogens with one attached hydrogen (secondary N) is 2. The zero-order valence-corrected chi connectivity index (χ0v) is 10.8. The van der Waals surface area contributed by atoms with E-state index in [-0.39, 0.29) is 5.91 Å². The highest BCUT2D eigenvalue weighted by atomic mass is 16.3. The Kier molecular flexibility index (Phi) is 3.08. The number of carbonyl (C=O) groups is 1. The lowest BCUT2D eigenvalue weighted by Crippen LogP contribution is -2.29. The van der Waals surface area contributed by atoms with Crippen LogP contribution in [0.2, 0.25) is 0 Å². The first-order valence-electron chi connectivity index (χ1n) is 6.30. The van der Waals surface area contributed by atoms with Crippen molar-refractivity contribution < 1.29 is 9.21 Å². The number of hydrogen-bond acceptors (Lipinski definition) is 4. The SMILES string of the molecule is CN(Cc1ccco1)C(=O)c1n[nH]c2c1CNCC2. The largest absolute Gasteiger partial charge is 0.467 e. The zero-order chi connectivity index (χ0) is 13.2. The average molecular weight is 260 g/mol. The molecule has 0 aliphatic carbocycles. The third kappa shape index (κ3) is 2.26. The minimum absolute atomic E-state index is 0.0856. The number of fused-ring (bicyclic) bond motifs is 1. The summed E-state index contributed by atoms with van der Waals surface area (Å²) in [4.78, 5) is 14.0. The maximum atomic E-state index is 12.4. The molecule has 2 N–H and O–H groups in total. The Hall–Kier alpha value is -2.08. The molecule has 1 amide bonds. The first-order valence-corrected chi connectivity index (χ1v) is 6.30. The Balaban J connectivity index is 1.78. The Morgan fingerprint density at radius 3 is 3.26 bits per heavy atom. The normalized spacial score (nSPS) is 14.2. The van der Waals surface area contributed by atoms with E-state index in [4.69, 9.17) is 4.42 Å². The van der Waals surface area contributed by atoms with E-state index < -0.39 is 0 Å². The molecule has 3 heterocycles. The standard InChI is InChI=1S/C13H16N4O2/c1-17(8-9-3-2-6-19-9)13(18)12-10-7-14-5-4-11(10)15-16-12/h2-3,6,14H,4-5,7-8H2,1H3,(H,15,16). The maximum Gasteiger partial charge on any atom is 0.274 e. The first-order chi connectivity index (χ1) is 9.25. The fraction of sp³-hybridized carbons (Fsp3) is 0.385. The molecule has 19 heavy (non-hydrogen) atoms. The molecule has 0 saturated heterocycles. The molecule has 0 radical (unpaired) electrons. The van der Waals surface area contributed by atoms with E-state index in [0.29, 0.717) is 18.8 Å². The minimum atomic E-state index is -0.0856. The van der Waals surface area contributed by atoms with Crippen molar-refractivity contribution >= 4 is 5.91 Å². The number of carbonyl (C=O) groups excluding carboxylic acids is 1. The minimum Gasteiger partial charge on any atom is -0.467 e. The van der Waals surface area contributed by atoms with Crippen molar-refractivity contribution in [2.45, 2.75) is 19.5 Å². The van der Waals surface area contributed by atoms with Gasteiger partial charge in [-0.15, -0.1) is 0 Å². The van der Waals surface area contributed by atoms with Gasteiger partial charge in [0.05, 0.1) is 12.8 Å². The van der Waals surface area contributed by atoms with E-state index in [9.17, 15) is 4.79 Å². The summed E-state index contributed by atoms with van der Waals surface area (Å²) in [5.41, 5.74) is 2.56. The molecule has 0 unspecified atom stereocenters. The van der Waals surface area contributed by atoms with Crippen LogP contribution in [0.3, 0.4) is 0 Å². The smallest absolute Gasteiger partial charge is 0.274 e. The van der Waals surface area contributed by atoms with Crippen molar-refractivity contribution in [1.29, 1.82) is 0 Å². The number of rotatable bonds is 3. The van der Waals surface area contributed by atoms with Gasteiger partial charge in [0, 0.05) is 37.8 Å². The van der Waals surface area contributed by atoms with Gasteiger partial charge >= 0.3 is 0 Å². The van der Waals surface area contributed by atoms with Gasteiger partial charge in [0.25, 0.3) is 5.91 Å². The van der Waals surface area contributed by atoms with Gasteiger partial charge in [-0.1, -0.05) is 0 Å². The second-order valence-corrected chi connectivity index (χ2v) is 4.70. The van der Waals surface area contributed by atoms with E-state index >= 15 is 0 Å². The molecule has 100 valence electrons. The first kappa shape index (κ1) is 12.0. The maximum absolute atomic E-state index is 12.4. The lowest BCUT2D eigenvalue weighted by atomic mass is 10.1. The molecule has 6 heteroatoms. The molecule has 0 fully saturated rings. The Labute approximate surface area is 110 Å². The molecule has 2 aromatic heterocycles. The summed E-state index contributed by atoms with van der Waals surface area (Å²) in [5.74, 6) is 0.677. The number of nitrogens with zero attached hydrogens (tertiary/aromatic N) is 2. The van der Waals surface area contributed by atoms with E-state index in [2.05, 4.69) is 15.5 Å². The highest BCUT2D eigenvalue weighted by molar-refractivity contribution is 5.93. The predicted octanol–water partition coefficient (Wildman–Crippen LogP) is 0.921. The molecule has 3 rings (SSSR count). The van der Waals surface area contributed by atoms with Crippen LogP contribution in [0.1, 0.15) is 27.5 Å². The lowest BCUT2D eigenvalue weighted by Gasteiger charge is -2.17. The van der Waals surface area contributed by atoms with Crippen molar-refractivity contribution in [1.82, 2.24) is 20.4 Å². The van der Waals surface area contributed by atoms with Crippen LogP contribution in [-0.4, -0.2) is 34.6 Å². The highest BCUT2D eigenvalue weighted by Gasteiger charge is 2.24. The van der Waals surface area contributed by atoms with Crippen molar-refractivity contribution in [3.05, 3.63) is 41.1 Å². The van der Waals surface area contributed by atoms with Crippen LogP contribution in [0.25, 0.3) is 0 Å². The molecule has 0 atom stereocenters. The van der Waals surface area contributed by atoms with Crippen LogP contribution >= 0.6 is 0 Å². The van der Waals surface area contributed by atoms with Crippen LogP contribution in [0.5, 0.6) is 0 Å². The third-order valence-corrected chi connectivity index (χ3v) is 3.33. The Bertz CT molecular complexity index is 573. The Morgan fingerprint density at radius 1 is 1.58 bits per heavy atom. The summed E-state index contributed by atoms with van der Waals surface area (Å²) in [7, 11) is 1.75. The number of aromatic nitrogens is 2. The van der Waals surface area contributed by atoms with E-state index in [1.807, 2.05) is 12.1 Å². The average Bonchev–Trinajstić information content (AvgIpc) is 3.06. The second kappa shape index (κ2) is 4.89. The number of H-pyrrole nitrogens is 1. The summed E-state index contributed by atoms with van der Waals surface area (Å²) >= 11 is 0. The van der Waals surface area contributed by atoms with Crippen LogP contribution in [0.15, 0.2) is 22.8 Å². The fourth-order valence-corrected chi connectivity index (χ4v) is 2.29. The number of aromatic amines is 1. The molecule has 6 nitrogen and oxygen atoms in total. The molecule has 2 aromatic rings. The lowest BCUT2D eigenvalue weighted by molar-refractivity contribution is 0.0768. The van der Waals surface area contributed by atoms with Crippen LogP contribution in [0, 0.1) is 0 Å². The van der Waals surface area contributed by atoms with E-state index in [1.165, 1.54) is 0 Å². The molecule has 0 bridgehead atoms. The summed E-state index contributed by atoms with van der Waals surface area (Å²) in [6.07, 6.45) is 2.49. The number of amides is 1. The fourth-order valence-electron chi connectivity index (χ4n) is 2.29. The van der Waals surface area contributed by atoms with Crippen LogP contribution in [-0.2, 0) is 19.5 Å². The summed E-state index contributed by atoms with van der Waals surface area (Å²) in [5, 5.41) is 10.4. The molecule has 0 saturated carbocycles. The van der Waals surface area contributed by atoms with Crippen molar-refractivity contribution in [2.24, 2.45) is 0 Å². The van der Waals surface area contributed by atoms with Crippen molar-refractivity contribution in [3.8, 4) is 0 Å². The molecular weight excluding hydrogens is 244 g/mol. The Morgan fingerprint density at radius 2 is 2.47 bits per heavy atom. The zero-order valence-electron chi connectivity index (χ0n) is 10.8. The van der Waals surface area contributed by atoms with Gasteiger partial charge < -0.3 is 14.6 Å². The summed E-state index contributed by atoms with van der Waals surface area (Å²) in [6, 6.07) is 3.67. The third-order valence-electron chi connectivity index (χ3n) is 3.33. The molecule has 1 aliphatic rings. The second-order valence-electron chi connectivity index (χ2n) is 4.70. The monoisotopic (exact) mass is 260 g/mol. The molecule has 1 aliphatic heterocycles. The molecule has 0 aromatic carbocycles. The van der Waals surface area contributed by atoms with Gasteiger partial charge in [-0.2, -0.15) is 5.10 Å². The van der Waals surface area contributed by atoms with Gasteiger partial charge in [-0.25, -0.2) is 0 Å². The molecular formula is C13H16N4O2. The van der Waals surface area contributed by atoms with Gasteiger partial charge in [0.1, 0.15) is 5.76 Å².